The zero-order valence-corrected chi connectivity index (χ0v) is 14.8. The third kappa shape index (κ3) is 3.05. The van der Waals surface area contributed by atoms with E-state index in [2.05, 4.69) is 27.6 Å². The van der Waals surface area contributed by atoms with Gasteiger partial charge in [-0.05, 0) is 48.8 Å². The molecule has 3 unspecified atom stereocenters. The summed E-state index contributed by atoms with van der Waals surface area (Å²) < 4.78 is 15.6. The molecule has 1 aromatic heterocycles. The van der Waals surface area contributed by atoms with Crippen LogP contribution < -0.4 is 14.8 Å². The highest BCUT2D eigenvalue weighted by Gasteiger charge is 2.35. The number of aromatic nitrogens is 2. The lowest BCUT2D eigenvalue weighted by atomic mass is 9.94. The van der Waals surface area contributed by atoms with Gasteiger partial charge in [0.15, 0.2) is 11.5 Å². The predicted octanol–water partition coefficient (Wildman–Crippen LogP) is 2.70. The van der Waals surface area contributed by atoms with Crippen LogP contribution in [0.15, 0.2) is 34.9 Å². The van der Waals surface area contributed by atoms with Crippen LogP contribution in [0.5, 0.6) is 11.5 Å². The molecule has 2 aliphatic carbocycles. The number of allylic oxidation sites excluding steroid dienone is 2. The molecule has 7 heteroatoms. The van der Waals surface area contributed by atoms with Gasteiger partial charge in [-0.15, -0.1) is 0 Å². The fourth-order valence-corrected chi connectivity index (χ4v) is 3.84. The van der Waals surface area contributed by atoms with E-state index in [4.69, 9.17) is 14.0 Å². The second-order valence-electron chi connectivity index (χ2n) is 6.74. The Hall–Kier alpha value is -2.83. The molecular weight excluding hydrogens is 334 g/mol. The van der Waals surface area contributed by atoms with E-state index in [9.17, 15) is 4.79 Å². The number of nitrogens with zero attached hydrogens (tertiary/aromatic N) is 2. The van der Waals surface area contributed by atoms with Gasteiger partial charge in [0.2, 0.25) is 5.82 Å². The van der Waals surface area contributed by atoms with Crippen LogP contribution >= 0.6 is 0 Å². The van der Waals surface area contributed by atoms with Crippen LogP contribution in [-0.4, -0.2) is 36.8 Å². The van der Waals surface area contributed by atoms with Crippen LogP contribution in [-0.2, 0) is 0 Å². The number of benzene rings is 1. The Morgan fingerprint density at radius 3 is 2.77 bits per heavy atom. The molecule has 26 heavy (non-hydrogen) atoms. The highest BCUT2D eigenvalue weighted by Crippen LogP contribution is 2.43. The first kappa shape index (κ1) is 16.6. The van der Waals surface area contributed by atoms with Crippen molar-refractivity contribution < 1.29 is 18.8 Å². The van der Waals surface area contributed by atoms with Gasteiger partial charge >= 0.3 is 11.8 Å². The topological polar surface area (TPSA) is 86.5 Å². The van der Waals surface area contributed by atoms with E-state index >= 15 is 0 Å². The third-order valence-electron chi connectivity index (χ3n) is 5.20. The molecule has 4 rings (SSSR count). The predicted molar refractivity (Wildman–Crippen MR) is 94.0 cm³/mol. The van der Waals surface area contributed by atoms with Gasteiger partial charge in [-0.2, -0.15) is 4.98 Å². The number of amides is 1. The summed E-state index contributed by atoms with van der Waals surface area (Å²) in [5.41, 5.74) is 0.684. The molecule has 2 bridgehead atoms. The number of ether oxygens (including phenoxy) is 2. The fourth-order valence-electron chi connectivity index (χ4n) is 3.84. The molecule has 0 radical (unpaired) electrons. The summed E-state index contributed by atoms with van der Waals surface area (Å²) in [6, 6.07) is 5.29. The van der Waals surface area contributed by atoms with Gasteiger partial charge in [0.25, 0.3) is 0 Å². The fraction of sp³-hybridized carbons (Fsp3) is 0.421. The number of carbonyl (C=O) groups excluding carboxylic acids is 1. The van der Waals surface area contributed by atoms with E-state index in [0.717, 1.165) is 6.42 Å². The van der Waals surface area contributed by atoms with Crippen LogP contribution in [0.4, 0.5) is 0 Å². The van der Waals surface area contributed by atoms with E-state index in [1.54, 1.807) is 32.4 Å². The second-order valence-corrected chi connectivity index (χ2v) is 6.74. The molecular formula is C19H21N3O4. The van der Waals surface area contributed by atoms with Gasteiger partial charge in [-0.25, -0.2) is 0 Å². The minimum Gasteiger partial charge on any atom is -0.493 e. The van der Waals surface area contributed by atoms with E-state index in [-0.39, 0.29) is 11.8 Å². The van der Waals surface area contributed by atoms with Gasteiger partial charge in [0.05, 0.1) is 14.2 Å². The summed E-state index contributed by atoms with van der Waals surface area (Å²) in [6.07, 6.45) is 6.91. The zero-order chi connectivity index (χ0) is 18.1. The Labute approximate surface area is 151 Å². The lowest BCUT2D eigenvalue weighted by Gasteiger charge is -2.17. The maximum Gasteiger partial charge on any atom is 0.316 e. The van der Waals surface area contributed by atoms with Crippen molar-refractivity contribution in [2.75, 3.05) is 20.8 Å². The number of hydrogen-bond acceptors (Lipinski definition) is 6. The smallest absolute Gasteiger partial charge is 0.316 e. The largest absolute Gasteiger partial charge is 0.493 e. The zero-order valence-electron chi connectivity index (χ0n) is 14.8. The van der Waals surface area contributed by atoms with Crippen LogP contribution in [0, 0.1) is 17.8 Å². The minimum atomic E-state index is -0.337. The molecule has 2 aromatic rings. The normalized spacial score (nSPS) is 23.2. The Balaban J connectivity index is 1.42. The summed E-state index contributed by atoms with van der Waals surface area (Å²) in [5, 5.41) is 6.82. The molecule has 7 nitrogen and oxygen atoms in total. The van der Waals surface area contributed by atoms with Gasteiger partial charge < -0.3 is 19.3 Å². The lowest BCUT2D eigenvalue weighted by Crippen LogP contribution is -2.31. The third-order valence-corrected chi connectivity index (χ3v) is 5.20. The Kier molecular flexibility index (Phi) is 4.36. The number of carbonyl (C=O) groups is 1. The molecule has 2 aliphatic rings. The molecule has 1 aromatic carbocycles. The summed E-state index contributed by atoms with van der Waals surface area (Å²) in [5.74, 6) is 2.90. The molecule has 1 saturated carbocycles. The summed E-state index contributed by atoms with van der Waals surface area (Å²) >= 11 is 0. The van der Waals surface area contributed by atoms with Crippen molar-refractivity contribution in [2.45, 2.75) is 12.8 Å². The first-order valence-electron chi connectivity index (χ1n) is 8.70. The van der Waals surface area contributed by atoms with E-state index in [0.29, 0.717) is 47.2 Å². The molecule has 1 fully saturated rings. The maximum atomic E-state index is 12.3. The number of nitrogens with one attached hydrogen (secondary N) is 1. The summed E-state index contributed by atoms with van der Waals surface area (Å²) in [7, 11) is 3.13. The van der Waals surface area contributed by atoms with Gasteiger partial charge in [0.1, 0.15) is 0 Å². The van der Waals surface area contributed by atoms with E-state index < -0.39 is 0 Å². The van der Waals surface area contributed by atoms with Crippen molar-refractivity contribution in [3.05, 3.63) is 36.2 Å². The molecule has 0 spiro atoms. The quantitative estimate of drug-likeness (QED) is 0.802. The SMILES string of the molecule is COc1ccc(-c2noc(C(=O)NCC3CC4C=CC3C4)n2)cc1OC. The molecule has 136 valence electrons. The average Bonchev–Trinajstić information content (AvgIpc) is 3.42. The minimum absolute atomic E-state index is 0.0338. The van der Waals surface area contributed by atoms with Crippen molar-refractivity contribution in [1.29, 1.82) is 0 Å². The van der Waals surface area contributed by atoms with Crippen LogP contribution in [0.2, 0.25) is 0 Å². The standard InChI is InChI=1S/C19H21N3O4/c1-24-15-6-5-13(9-16(15)25-2)17-21-19(26-22-17)18(23)20-10-14-8-11-3-4-12(14)7-11/h3-6,9,11-12,14H,7-8,10H2,1-2H3,(H,20,23). The number of methoxy groups -OCH3 is 2. The first-order chi connectivity index (χ1) is 12.7. The number of hydrogen-bond donors (Lipinski definition) is 1. The molecule has 1 amide bonds. The molecule has 1 N–H and O–H groups in total. The molecule has 3 atom stereocenters. The van der Waals surface area contributed by atoms with E-state index in [1.807, 2.05) is 0 Å². The van der Waals surface area contributed by atoms with Crippen LogP contribution in [0.25, 0.3) is 11.4 Å². The van der Waals surface area contributed by atoms with E-state index in [1.165, 1.54) is 6.42 Å². The molecule has 1 heterocycles. The maximum absolute atomic E-state index is 12.3. The second kappa shape index (κ2) is 6.82. The van der Waals surface area contributed by atoms with Crippen LogP contribution in [0.1, 0.15) is 23.5 Å². The Morgan fingerprint density at radius 2 is 2.08 bits per heavy atom. The number of rotatable bonds is 6. The van der Waals surface area contributed by atoms with Crippen molar-refractivity contribution in [3.8, 4) is 22.9 Å². The Bertz CT molecular complexity index is 845. The first-order valence-corrected chi connectivity index (χ1v) is 8.70. The lowest BCUT2D eigenvalue weighted by molar-refractivity contribution is 0.0901. The van der Waals surface area contributed by atoms with Crippen LogP contribution in [0.3, 0.4) is 0 Å². The van der Waals surface area contributed by atoms with Crippen molar-refractivity contribution in [1.82, 2.24) is 15.5 Å². The highest BCUT2D eigenvalue weighted by atomic mass is 16.5. The summed E-state index contributed by atoms with van der Waals surface area (Å²) in [4.78, 5) is 16.5. The molecule has 0 saturated heterocycles. The Morgan fingerprint density at radius 1 is 1.23 bits per heavy atom. The van der Waals surface area contributed by atoms with Gasteiger partial charge in [0, 0.05) is 12.1 Å². The van der Waals surface area contributed by atoms with Crippen molar-refractivity contribution in [2.24, 2.45) is 17.8 Å². The summed E-state index contributed by atoms with van der Waals surface area (Å²) in [6.45, 7) is 0.637. The highest BCUT2D eigenvalue weighted by molar-refractivity contribution is 5.89. The monoisotopic (exact) mass is 355 g/mol. The average molecular weight is 355 g/mol. The molecule has 0 aliphatic heterocycles. The van der Waals surface area contributed by atoms with Crippen molar-refractivity contribution in [3.63, 3.8) is 0 Å². The van der Waals surface area contributed by atoms with Gasteiger partial charge in [-0.3, -0.25) is 4.79 Å². The van der Waals surface area contributed by atoms with Crippen molar-refractivity contribution >= 4 is 5.91 Å². The van der Waals surface area contributed by atoms with Gasteiger partial charge in [-0.1, -0.05) is 17.3 Å². The number of fused-ring (bicyclic) bond motifs is 2.